The fourth-order valence-corrected chi connectivity index (χ4v) is 3.76. The van der Waals surface area contributed by atoms with Crippen LogP contribution in [-0.2, 0) is 6.54 Å². The van der Waals surface area contributed by atoms with Crippen LogP contribution in [0.2, 0.25) is 10.0 Å². The van der Waals surface area contributed by atoms with E-state index in [0.717, 1.165) is 18.7 Å². The van der Waals surface area contributed by atoms with Gasteiger partial charge in [0.05, 0.1) is 29.7 Å². The summed E-state index contributed by atoms with van der Waals surface area (Å²) in [7, 11) is 0. The molecule has 1 amide bonds. The maximum absolute atomic E-state index is 12.1. The first-order valence-electron chi connectivity index (χ1n) is 9.90. The van der Waals surface area contributed by atoms with Crippen LogP contribution in [-0.4, -0.2) is 32.1 Å². The summed E-state index contributed by atoms with van der Waals surface area (Å²) in [6.07, 6.45) is 4.77. The lowest BCUT2D eigenvalue weighted by Gasteiger charge is -2.23. The van der Waals surface area contributed by atoms with Crippen molar-refractivity contribution in [2.75, 3.05) is 26.2 Å². The van der Waals surface area contributed by atoms with Crippen molar-refractivity contribution in [1.82, 2.24) is 5.32 Å². The van der Waals surface area contributed by atoms with E-state index in [1.807, 2.05) is 6.07 Å². The van der Waals surface area contributed by atoms with Crippen LogP contribution in [0.4, 0.5) is 0 Å². The van der Waals surface area contributed by atoms with Gasteiger partial charge >= 0.3 is 0 Å². The number of benzene rings is 2. The van der Waals surface area contributed by atoms with Gasteiger partial charge in [-0.15, -0.1) is 0 Å². The van der Waals surface area contributed by atoms with E-state index in [4.69, 9.17) is 27.9 Å². The summed E-state index contributed by atoms with van der Waals surface area (Å²) in [6.45, 7) is 4.70. The molecule has 1 saturated heterocycles. The minimum Gasteiger partial charge on any atom is -0.494 e. The molecule has 1 fully saturated rings. The van der Waals surface area contributed by atoms with Crippen molar-refractivity contribution in [2.45, 2.75) is 32.2 Å². The average Bonchev–Trinajstić information content (AvgIpc) is 2.71. The molecule has 0 aliphatic carbocycles. The standard InChI is InChI=1S/C22H26Cl2N2O2/c23-20-9-8-18(15-21(20)24)22(27)25-10-5-13-28-19-7-4-6-17(14-19)16-26-11-2-1-3-12-26/h4,6-9,14-15H,1-3,5,10-13,16H2,(H,25,27)/p+1. The molecule has 1 aliphatic rings. The van der Waals surface area contributed by atoms with Crippen LogP contribution >= 0.6 is 23.2 Å². The Morgan fingerprint density at radius 3 is 2.64 bits per heavy atom. The zero-order chi connectivity index (χ0) is 19.8. The number of hydrogen-bond acceptors (Lipinski definition) is 2. The van der Waals surface area contributed by atoms with E-state index in [0.29, 0.717) is 28.8 Å². The summed E-state index contributed by atoms with van der Waals surface area (Å²) in [5, 5.41) is 3.69. The Balaban J connectivity index is 1.38. The van der Waals surface area contributed by atoms with Crippen LogP contribution in [0.5, 0.6) is 5.75 Å². The van der Waals surface area contributed by atoms with E-state index < -0.39 is 0 Å². The lowest BCUT2D eigenvalue weighted by molar-refractivity contribution is -0.918. The Labute approximate surface area is 176 Å². The second-order valence-electron chi connectivity index (χ2n) is 7.22. The number of rotatable bonds is 8. The average molecular weight is 422 g/mol. The summed E-state index contributed by atoms with van der Waals surface area (Å²) in [6, 6.07) is 13.2. The van der Waals surface area contributed by atoms with Crippen molar-refractivity contribution in [3.05, 3.63) is 63.6 Å². The van der Waals surface area contributed by atoms with E-state index >= 15 is 0 Å². The highest BCUT2D eigenvalue weighted by Gasteiger charge is 2.14. The minimum absolute atomic E-state index is 0.162. The number of carbonyl (C=O) groups is 1. The van der Waals surface area contributed by atoms with Gasteiger partial charge in [0.1, 0.15) is 12.3 Å². The van der Waals surface area contributed by atoms with Crippen molar-refractivity contribution >= 4 is 29.1 Å². The lowest BCUT2D eigenvalue weighted by Crippen LogP contribution is -3.11. The van der Waals surface area contributed by atoms with Crippen molar-refractivity contribution in [3.63, 3.8) is 0 Å². The van der Waals surface area contributed by atoms with Gasteiger partial charge in [0, 0.05) is 17.7 Å². The number of carbonyl (C=O) groups excluding carboxylic acids is 1. The molecule has 0 unspecified atom stereocenters. The number of hydrogen-bond donors (Lipinski definition) is 2. The zero-order valence-corrected chi connectivity index (χ0v) is 17.5. The van der Waals surface area contributed by atoms with Crippen molar-refractivity contribution in [1.29, 1.82) is 0 Å². The second kappa shape index (κ2) is 10.7. The molecule has 6 heteroatoms. The summed E-state index contributed by atoms with van der Waals surface area (Å²) in [5.74, 6) is 0.731. The van der Waals surface area contributed by atoms with Crippen LogP contribution in [0.3, 0.4) is 0 Å². The van der Waals surface area contributed by atoms with Crippen molar-refractivity contribution in [2.24, 2.45) is 0 Å². The van der Waals surface area contributed by atoms with Gasteiger partial charge < -0.3 is 15.0 Å². The SMILES string of the molecule is O=C(NCCCOc1cccc(C[NH+]2CCCCC2)c1)c1ccc(Cl)c(Cl)c1. The van der Waals surface area contributed by atoms with E-state index in [1.54, 1.807) is 23.1 Å². The van der Waals surface area contributed by atoms with Gasteiger partial charge in [-0.25, -0.2) is 0 Å². The summed E-state index contributed by atoms with van der Waals surface area (Å²) in [4.78, 5) is 13.8. The molecule has 0 bridgehead atoms. The molecule has 4 nitrogen and oxygen atoms in total. The molecule has 0 atom stereocenters. The number of ether oxygens (including phenoxy) is 1. The van der Waals surface area contributed by atoms with Gasteiger partial charge in [0.2, 0.25) is 0 Å². The molecule has 2 aromatic rings. The predicted octanol–water partition coefficient (Wildman–Crippen LogP) is 3.76. The molecule has 0 saturated carbocycles. The molecule has 2 N–H and O–H groups in total. The zero-order valence-electron chi connectivity index (χ0n) is 16.0. The molecule has 0 spiro atoms. The number of likely N-dealkylation sites (tertiary alicyclic amines) is 1. The maximum Gasteiger partial charge on any atom is 0.251 e. The smallest absolute Gasteiger partial charge is 0.251 e. The Morgan fingerprint density at radius 2 is 1.86 bits per heavy atom. The van der Waals surface area contributed by atoms with E-state index in [9.17, 15) is 4.79 Å². The molecular formula is C22H27Cl2N2O2+. The van der Waals surface area contributed by atoms with E-state index in [1.165, 1.54) is 37.9 Å². The van der Waals surface area contributed by atoms with Gasteiger partial charge in [-0.05, 0) is 56.0 Å². The fraction of sp³-hybridized carbons (Fsp3) is 0.409. The molecule has 0 aromatic heterocycles. The van der Waals surface area contributed by atoms with Gasteiger partial charge in [-0.2, -0.15) is 0 Å². The monoisotopic (exact) mass is 421 g/mol. The van der Waals surface area contributed by atoms with Crippen LogP contribution in [0.25, 0.3) is 0 Å². The predicted molar refractivity (Wildman–Crippen MR) is 114 cm³/mol. The fourth-order valence-electron chi connectivity index (χ4n) is 3.47. The third-order valence-electron chi connectivity index (χ3n) is 4.97. The van der Waals surface area contributed by atoms with Crippen molar-refractivity contribution < 1.29 is 14.4 Å². The molecule has 0 radical (unpaired) electrons. The second-order valence-corrected chi connectivity index (χ2v) is 8.04. The number of nitrogens with one attached hydrogen (secondary N) is 2. The molecular weight excluding hydrogens is 395 g/mol. The Bertz CT molecular complexity index is 792. The van der Waals surface area contributed by atoms with Crippen molar-refractivity contribution in [3.8, 4) is 5.75 Å². The first kappa shape index (κ1) is 21.0. The highest BCUT2D eigenvalue weighted by Crippen LogP contribution is 2.22. The quantitative estimate of drug-likeness (QED) is 0.637. The molecule has 2 aromatic carbocycles. The molecule has 28 heavy (non-hydrogen) atoms. The largest absolute Gasteiger partial charge is 0.494 e. The highest BCUT2D eigenvalue weighted by atomic mass is 35.5. The van der Waals surface area contributed by atoms with E-state index in [2.05, 4.69) is 23.5 Å². The first-order valence-corrected chi connectivity index (χ1v) is 10.7. The Kier molecular flexibility index (Phi) is 8.01. The van der Waals surface area contributed by atoms with Crippen LogP contribution in [0.15, 0.2) is 42.5 Å². The molecule has 1 heterocycles. The van der Waals surface area contributed by atoms with Gasteiger partial charge in [-0.3, -0.25) is 4.79 Å². The third kappa shape index (κ3) is 6.40. The number of piperidine rings is 1. The summed E-state index contributed by atoms with van der Waals surface area (Å²) >= 11 is 11.8. The van der Waals surface area contributed by atoms with Gasteiger partial charge in [0.15, 0.2) is 0 Å². The van der Waals surface area contributed by atoms with Crippen LogP contribution in [0, 0.1) is 0 Å². The topological polar surface area (TPSA) is 42.8 Å². The van der Waals surface area contributed by atoms with Gasteiger partial charge in [-0.1, -0.05) is 35.3 Å². The lowest BCUT2D eigenvalue weighted by atomic mass is 10.1. The number of halogens is 2. The minimum atomic E-state index is -0.162. The first-order chi connectivity index (χ1) is 13.6. The van der Waals surface area contributed by atoms with Crippen LogP contribution in [0.1, 0.15) is 41.6 Å². The van der Waals surface area contributed by atoms with Gasteiger partial charge in [0.25, 0.3) is 5.91 Å². The Morgan fingerprint density at radius 1 is 1.04 bits per heavy atom. The number of amides is 1. The molecule has 3 rings (SSSR count). The number of quaternary nitrogens is 1. The molecule has 1 aliphatic heterocycles. The summed E-state index contributed by atoms with van der Waals surface area (Å²) in [5.41, 5.74) is 1.82. The highest BCUT2D eigenvalue weighted by molar-refractivity contribution is 6.42. The maximum atomic E-state index is 12.1. The van der Waals surface area contributed by atoms with Crippen LogP contribution < -0.4 is 15.0 Å². The Hall–Kier alpha value is -1.75. The van der Waals surface area contributed by atoms with E-state index in [-0.39, 0.29) is 5.91 Å². The summed E-state index contributed by atoms with van der Waals surface area (Å²) < 4.78 is 5.86. The molecule has 150 valence electrons. The normalized spacial score (nSPS) is 14.6. The third-order valence-corrected chi connectivity index (χ3v) is 5.71.